The molecule has 0 aliphatic rings. The van der Waals surface area contributed by atoms with E-state index in [-0.39, 0.29) is 18.1 Å². The van der Waals surface area contributed by atoms with Gasteiger partial charge in [-0.3, -0.25) is 0 Å². The van der Waals surface area contributed by atoms with Crippen LogP contribution >= 0.6 is 0 Å². The molecule has 0 heterocycles. The monoisotopic (exact) mass is 174 g/mol. The lowest BCUT2D eigenvalue weighted by atomic mass is 9.98. The van der Waals surface area contributed by atoms with Gasteiger partial charge in [-0.05, 0) is 26.3 Å². The van der Waals surface area contributed by atoms with Crippen molar-refractivity contribution in [1.82, 2.24) is 0 Å². The Morgan fingerprint density at radius 2 is 1.67 bits per heavy atom. The summed E-state index contributed by atoms with van der Waals surface area (Å²) in [6, 6.07) is -0.114. The molecule has 0 aromatic rings. The van der Waals surface area contributed by atoms with E-state index < -0.39 is 0 Å². The van der Waals surface area contributed by atoms with Gasteiger partial charge in [0.05, 0.1) is 0 Å². The van der Waals surface area contributed by atoms with Crippen LogP contribution in [0.5, 0.6) is 0 Å². The lowest BCUT2D eigenvalue weighted by Crippen LogP contribution is -2.51. The summed E-state index contributed by atoms with van der Waals surface area (Å²) < 4.78 is 0. The molecular weight excluding hydrogens is 152 g/mol. The van der Waals surface area contributed by atoms with Gasteiger partial charge in [0, 0.05) is 18.1 Å². The van der Waals surface area contributed by atoms with Crippen LogP contribution in [-0.4, -0.2) is 24.7 Å². The topological polar surface area (TPSA) is 104 Å². The molecule has 0 rings (SSSR count). The third-order valence-corrected chi connectivity index (χ3v) is 2.09. The van der Waals surface area contributed by atoms with Crippen molar-refractivity contribution in [2.45, 2.75) is 44.3 Å². The second-order valence-electron chi connectivity index (χ2n) is 3.38. The van der Waals surface area contributed by atoms with Crippen LogP contribution in [-0.2, 0) is 0 Å². The molecule has 0 radical (unpaired) electrons. The van der Waals surface area contributed by atoms with E-state index in [1.165, 1.54) is 0 Å². The first-order valence-electron chi connectivity index (χ1n) is 4.56. The van der Waals surface area contributed by atoms with Gasteiger partial charge in [0.15, 0.2) is 0 Å². The molecule has 0 aliphatic heterocycles. The summed E-state index contributed by atoms with van der Waals surface area (Å²) in [4.78, 5) is 0. The molecule has 0 fully saturated rings. The van der Waals surface area contributed by atoms with Crippen LogP contribution in [0.1, 0.15) is 26.2 Å². The van der Waals surface area contributed by atoms with Crippen LogP contribution < -0.4 is 22.9 Å². The largest absolute Gasteiger partial charge is 0.330 e. The molecule has 0 amide bonds. The summed E-state index contributed by atoms with van der Waals surface area (Å²) in [7, 11) is 0. The molecule has 3 atom stereocenters. The summed E-state index contributed by atoms with van der Waals surface area (Å²) in [6.45, 7) is 2.60. The predicted molar refractivity (Wildman–Crippen MR) is 52.5 cm³/mol. The minimum absolute atomic E-state index is 0.0107. The summed E-state index contributed by atoms with van der Waals surface area (Å²) >= 11 is 0. The van der Waals surface area contributed by atoms with Gasteiger partial charge in [0.25, 0.3) is 0 Å². The molecule has 12 heavy (non-hydrogen) atoms. The van der Waals surface area contributed by atoms with Gasteiger partial charge < -0.3 is 22.9 Å². The van der Waals surface area contributed by atoms with Crippen LogP contribution in [0.3, 0.4) is 0 Å². The number of rotatable bonds is 6. The van der Waals surface area contributed by atoms with E-state index >= 15 is 0 Å². The second-order valence-corrected chi connectivity index (χ2v) is 3.38. The van der Waals surface area contributed by atoms with E-state index in [1.54, 1.807) is 0 Å². The van der Waals surface area contributed by atoms with E-state index in [1.807, 2.05) is 6.92 Å². The van der Waals surface area contributed by atoms with Crippen molar-refractivity contribution in [2.24, 2.45) is 22.9 Å². The fourth-order valence-electron chi connectivity index (χ4n) is 1.11. The van der Waals surface area contributed by atoms with E-state index in [9.17, 15) is 0 Å². The first-order valence-corrected chi connectivity index (χ1v) is 4.56. The zero-order valence-corrected chi connectivity index (χ0v) is 7.87. The third-order valence-electron chi connectivity index (χ3n) is 2.09. The highest BCUT2D eigenvalue weighted by atomic mass is 14.8. The van der Waals surface area contributed by atoms with Crippen LogP contribution in [0.25, 0.3) is 0 Å². The normalized spacial score (nSPS) is 18.8. The maximum absolute atomic E-state index is 5.81. The number of nitrogens with two attached hydrogens (primary N) is 4. The molecule has 0 spiro atoms. The van der Waals surface area contributed by atoms with Gasteiger partial charge >= 0.3 is 0 Å². The fraction of sp³-hybridized carbons (Fsp3) is 1.00. The van der Waals surface area contributed by atoms with E-state index in [2.05, 4.69) is 0 Å². The molecule has 74 valence electrons. The van der Waals surface area contributed by atoms with E-state index in [4.69, 9.17) is 22.9 Å². The van der Waals surface area contributed by atoms with Crippen molar-refractivity contribution in [1.29, 1.82) is 0 Å². The lowest BCUT2D eigenvalue weighted by molar-refractivity contribution is 0.429. The van der Waals surface area contributed by atoms with E-state index in [0.717, 1.165) is 25.8 Å². The van der Waals surface area contributed by atoms with Crippen molar-refractivity contribution in [3.8, 4) is 0 Å². The Morgan fingerprint density at radius 3 is 2.08 bits per heavy atom. The van der Waals surface area contributed by atoms with Crippen LogP contribution in [0, 0.1) is 0 Å². The average molecular weight is 174 g/mol. The van der Waals surface area contributed by atoms with Crippen molar-refractivity contribution < 1.29 is 0 Å². The minimum Gasteiger partial charge on any atom is -0.330 e. The first kappa shape index (κ1) is 11.8. The van der Waals surface area contributed by atoms with Crippen LogP contribution in [0.4, 0.5) is 0 Å². The Bertz CT molecular complexity index is 105. The molecule has 4 nitrogen and oxygen atoms in total. The first-order chi connectivity index (χ1) is 5.59. The summed E-state index contributed by atoms with van der Waals surface area (Å²) in [6.07, 6.45) is 2.97. The lowest BCUT2D eigenvalue weighted by Gasteiger charge is -2.22. The molecule has 8 N–H and O–H groups in total. The minimum atomic E-state index is -0.0947. The Balaban J connectivity index is 3.49. The van der Waals surface area contributed by atoms with Crippen molar-refractivity contribution in [3.05, 3.63) is 0 Å². The molecule has 0 aliphatic carbocycles. The molecule has 0 saturated carbocycles. The smallest absolute Gasteiger partial charge is 0.0343 e. The SMILES string of the molecule is CC(N)C(N)C(N)CCCCN. The zero-order chi connectivity index (χ0) is 9.56. The Kier molecular flexibility index (Phi) is 6.28. The van der Waals surface area contributed by atoms with Gasteiger partial charge in [-0.15, -0.1) is 0 Å². The number of hydrogen-bond acceptors (Lipinski definition) is 4. The predicted octanol–water partition coefficient (Wildman–Crippen LogP) is -0.883. The highest BCUT2D eigenvalue weighted by molar-refractivity contribution is 4.82. The molecule has 0 bridgehead atoms. The molecule has 0 aromatic heterocycles. The summed E-state index contributed by atoms with van der Waals surface area (Å²) in [5.74, 6) is 0. The highest BCUT2D eigenvalue weighted by Gasteiger charge is 2.15. The molecule has 3 unspecified atom stereocenters. The fourth-order valence-corrected chi connectivity index (χ4v) is 1.11. The van der Waals surface area contributed by atoms with Gasteiger partial charge in [-0.2, -0.15) is 0 Å². The van der Waals surface area contributed by atoms with Gasteiger partial charge in [-0.25, -0.2) is 0 Å². The maximum Gasteiger partial charge on any atom is 0.0343 e. The van der Waals surface area contributed by atoms with E-state index in [0.29, 0.717) is 0 Å². The molecule has 0 saturated heterocycles. The Morgan fingerprint density at radius 1 is 1.08 bits per heavy atom. The Labute approximate surface area is 74.7 Å². The van der Waals surface area contributed by atoms with Crippen molar-refractivity contribution >= 4 is 0 Å². The van der Waals surface area contributed by atoms with Crippen molar-refractivity contribution in [3.63, 3.8) is 0 Å². The number of unbranched alkanes of at least 4 members (excludes halogenated alkanes) is 1. The molecule has 4 heteroatoms. The maximum atomic E-state index is 5.81. The van der Waals surface area contributed by atoms with Crippen LogP contribution in [0.15, 0.2) is 0 Å². The number of hydrogen-bond donors (Lipinski definition) is 4. The van der Waals surface area contributed by atoms with Crippen molar-refractivity contribution in [2.75, 3.05) is 6.54 Å². The van der Waals surface area contributed by atoms with Gasteiger partial charge in [-0.1, -0.05) is 6.42 Å². The quantitative estimate of drug-likeness (QED) is 0.392. The average Bonchev–Trinajstić information content (AvgIpc) is 2.03. The highest BCUT2D eigenvalue weighted by Crippen LogP contribution is 2.02. The summed E-state index contributed by atoms with van der Waals surface area (Å²) in [5, 5.41) is 0. The van der Waals surface area contributed by atoms with Crippen LogP contribution in [0.2, 0.25) is 0 Å². The Hall–Kier alpha value is -0.160. The third kappa shape index (κ3) is 4.66. The van der Waals surface area contributed by atoms with Gasteiger partial charge in [0.2, 0.25) is 0 Å². The molecule has 0 aromatic carbocycles. The molecular formula is C8H22N4. The second kappa shape index (κ2) is 6.37. The zero-order valence-electron chi connectivity index (χ0n) is 7.87. The summed E-state index contributed by atoms with van der Waals surface area (Å²) in [5.41, 5.74) is 22.5. The van der Waals surface area contributed by atoms with Gasteiger partial charge in [0.1, 0.15) is 0 Å². The standard InChI is InChI=1S/C8H22N4/c1-6(10)8(12)7(11)4-2-3-5-9/h6-8H,2-5,9-12H2,1H3.